The number of rotatable bonds is 2. The summed E-state index contributed by atoms with van der Waals surface area (Å²) in [5.41, 5.74) is 0. The Bertz CT molecular complexity index is 419. The molecule has 6 nitrogen and oxygen atoms in total. The van der Waals surface area contributed by atoms with Gasteiger partial charge in [-0.15, -0.1) is 10.2 Å². The fraction of sp³-hybridized carbons (Fsp3) is 0.727. The molecule has 0 bridgehead atoms. The molecule has 0 spiro atoms. The van der Waals surface area contributed by atoms with E-state index in [1.165, 1.54) is 4.90 Å². The monoisotopic (exact) mass is 237 g/mol. The summed E-state index contributed by atoms with van der Waals surface area (Å²) in [6, 6.07) is 0. The van der Waals surface area contributed by atoms with Crippen LogP contribution in [-0.2, 0) is 0 Å². The van der Waals surface area contributed by atoms with Crippen molar-refractivity contribution < 1.29 is 14.3 Å². The molecule has 1 saturated carbocycles. The molecule has 1 amide bonds. The van der Waals surface area contributed by atoms with Gasteiger partial charge in [-0.2, -0.15) is 0 Å². The van der Waals surface area contributed by atoms with Crippen molar-refractivity contribution >= 4 is 6.09 Å². The highest BCUT2D eigenvalue weighted by molar-refractivity contribution is 5.65. The lowest BCUT2D eigenvalue weighted by Crippen LogP contribution is -2.36. The van der Waals surface area contributed by atoms with Crippen LogP contribution in [0.2, 0.25) is 0 Å². The van der Waals surface area contributed by atoms with Crippen molar-refractivity contribution in [3.8, 4) is 0 Å². The molecule has 0 atom stereocenters. The normalized spacial score (nSPS) is 21.8. The minimum Gasteiger partial charge on any atom is -0.465 e. The quantitative estimate of drug-likeness (QED) is 0.848. The first-order chi connectivity index (χ1) is 8.24. The Morgan fingerprint density at radius 3 is 2.12 bits per heavy atom. The van der Waals surface area contributed by atoms with Gasteiger partial charge in [-0.1, -0.05) is 0 Å². The highest BCUT2D eigenvalue weighted by atomic mass is 16.4. The largest absolute Gasteiger partial charge is 0.465 e. The maximum Gasteiger partial charge on any atom is 0.407 e. The topological polar surface area (TPSA) is 79.5 Å². The van der Waals surface area contributed by atoms with Crippen molar-refractivity contribution in [1.82, 2.24) is 15.1 Å². The first kappa shape index (κ1) is 10.6. The number of amides is 1. The van der Waals surface area contributed by atoms with Crippen LogP contribution in [0.3, 0.4) is 0 Å². The van der Waals surface area contributed by atoms with E-state index >= 15 is 0 Å². The second kappa shape index (κ2) is 4.01. The average molecular weight is 237 g/mol. The van der Waals surface area contributed by atoms with Gasteiger partial charge in [0.15, 0.2) is 0 Å². The molecule has 1 N–H and O–H groups in total. The van der Waals surface area contributed by atoms with E-state index in [1.54, 1.807) is 0 Å². The Hall–Kier alpha value is -1.59. The van der Waals surface area contributed by atoms with E-state index in [0.717, 1.165) is 31.6 Å². The molecule has 1 saturated heterocycles. The Balaban J connectivity index is 1.63. The van der Waals surface area contributed by atoms with E-state index in [2.05, 4.69) is 10.2 Å². The van der Waals surface area contributed by atoms with Crippen LogP contribution in [0.25, 0.3) is 0 Å². The van der Waals surface area contributed by atoms with Crippen molar-refractivity contribution in [2.24, 2.45) is 0 Å². The molecular weight excluding hydrogens is 222 g/mol. The van der Waals surface area contributed by atoms with Crippen LogP contribution in [0, 0.1) is 0 Å². The van der Waals surface area contributed by atoms with Crippen LogP contribution >= 0.6 is 0 Å². The zero-order valence-corrected chi connectivity index (χ0v) is 9.50. The van der Waals surface area contributed by atoms with Crippen LogP contribution in [0.4, 0.5) is 4.79 Å². The fourth-order valence-corrected chi connectivity index (χ4v) is 2.22. The van der Waals surface area contributed by atoms with E-state index in [0.29, 0.717) is 24.9 Å². The van der Waals surface area contributed by atoms with Crippen LogP contribution in [0.15, 0.2) is 4.42 Å². The summed E-state index contributed by atoms with van der Waals surface area (Å²) >= 11 is 0. The molecule has 1 aromatic rings. The zero-order valence-electron chi connectivity index (χ0n) is 9.50. The second-order valence-corrected chi connectivity index (χ2v) is 4.80. The van der Waals surface area contributed by atoms with Gasteiger partial charge in [0, 0.05) is 24.9 Å². The number of piperidine rings is 1. The maximum atomic E-state index is 10.8. The molecule has 6 heteroatoms. The SMILES string of the molecule is O=C(O)N1CCC(c2nnc(C3CC3)o2)CC1. The summed E-state index contributed by atoms with van der Waals surface area (Å²) in [7, 11) is 0. The summed E-state index contributed by atoms with van der Waals surface area (Å²) in [6.07, 6.45) is 3.02. The molecule has 1 aromatic heterocycles. The van der Waals surface area contributed by atoms with Crippen molar-refractivity contribution in [3.63, 3.8) is 0 Å². The predicted octanol–water partition coefficient (Wildman–Crippen LogP) is 1.80. The van der Waals surface area contributed by atoms with E-state index in [9.17, 15) is 4.79 Å². The van der Waals surface area contributed by atoms with Crippen LogP contribution in [-0.4, -0.2) is 39.4 Å². The molecule has 1 aliphatic carbocycles. The minimum atomic E-state index is -0.840. The Kier molecular flexibility index (Phi) is 2.49. The number of hydrogen-bond acceptors (Lipinski definition) is 4. The highest BCUT2D eigenvalue weighted by Crippen LogP contribution is 2.40. The van der Waals surface area contributed by atoms with Crippen LogP contribution < -0.4 is 0 Å². The number of aromatic nitrogens is 2. The fourth-order valence-electron chi connectivity index (χ4n) is 2.22. The number of carbonyl (C=O) groups is 1. The predicted molar refractivity (Wildman–Crippen MR) is 57.8 cm³/mol. The molecule has 92 valence electrons. The molecule has 1 aliphatic heterocycles. The first-order valence-corrected chi connectivity index (χ1v) is 6.05. The third kappa shape index (κ3) is 2.11. The van der Waals surface area contributed by atoms with Crippen LogP contribution in [0.5, 0.6) is 0 Å². The summed E-state index contributed by atoms with van der Waals surface area (Å²) in [4.78, 5) is 12.2. The summed E-state index contributed by atoms with van der Waals surface area (Å²) in [6.45, 7) is 1.11. The smallest absolute Gasteiger partial charge is 0.407 e. The van der Waals surface area contributed by atoms with E-state index in [-0.39, 0.29) is 5.92 Å². The molecule has 0 radical (unpaired) electrons. The number of hydrogen-bond donors (Lipinski definition) is 1. The second-order valence-electron chi connectivity index (χ2n) is 4.80. The van der Waals surface area contributed by atoms with E-state index in [1.807, 2.05) is 0 Å². The van der Waals surface area contributed by atoms with Gasteiger partial charge in [-0.25, -0.2) is 4.79 Å². The standard InChI is InChI=1S/C11H15N3O3/c15-11(16)14-5-3-8(4-6-14)10-13-12-9(17-10)7-1-2-7/h7-8H,1-6H2,(H,15,16). The summed E-state index contributed by atoms with van der Waals surface area (Å²) in [5, 5.41) is 17.0. The molecule has 2 aliphatic rings. The Morgan fingerprint density at radius 2 is 1.65 bits per heavy atom. The van der Waals surface area contributed by atoms with Crippen molar-refractivity contribution in [2.75, 3.05) is 13.1 Å². The number of carboxylic acid groups (broad SMARTS) is 1. The van der Waals surface area contributed by atoms with Crippen LogP contribution in [0.1, 0.15) is 49.3 Å². The zero-order chi connectivity index (χ0) is 11.8. The molecule has 17 heavy (non-hydrogen) atoms. The third-order valence-corrected chi connectivity index (χ3v) is 3.50. The van der Waals surface area contributed by atoms with E-state index < -0.39 is 6.09 Å². The molecule has 0 unspecified atom stereocenters. The van der Waals surface area contributed by atoms with E-state index in [4.69, 9.17) is 9.52 Å². The first-order valence-electron chi connectivity index (χ1n) is 6.05. The molecule has 3 rings (SSSR count). The molecule has 2 heterocycles. The molecule has 0 aromatic carbocycles. The summed E-state index contributed by atoms with van der Waals surface area (Å²) < 4.78 is 5.65. The lowest BCUT2D eigenvalue weighted by Gasteiger charge is -2.27. The maximum absolute atomic E-state index is 10.8. The van der Waals surface area contributed by atoms with Gasteiger partial charge in [0.25, 0.3) is 0 Å². The Morgan fingerprint density at radius 1 is 1.12 bits per heavy atom. The van der Waals surface area contributed by atoms with Gasteiger partial charge in [0.05, 0.1) is 0 Å². The Labute approximate surface area is 98.6 Å². The van der Waals surface area contributed by atoms with Gasteiger partial charge >= 0.3 is 6.09 Å². The molecular formula is C11H15N3O3. The lowest BCUT2D eigenvalue weighted by atomic mass is 9.97. The third-order valence-electron chi connectivity index (χ3n) is 3.50. The van der Waals surface area contributed by atoms with Gasteiger partial charge in [0.1, 0.15) is 0 Å². The minimum absolute atomic E-state index is 0.227. The van der Waals surface area contributed by atoms with Crippen molar-refractivity contribution in [3.05, 3.63) is 11.8 Å². The van der Waals surface area contributed by atoms with Crippen molar-refractivity contribution in [1.29, 1.82) is 0 Å². The van der Waals surface area contributed by atoms with Gasteiger partial charge in [-0.3, -0.25) is 0 Å². The highest BCUT2D eigenvalue weighted by Gasteiger charge is 2.32. The average Bonchev–Trinajstić information content (AvgIpc) is 3.07. The summed E-state index contributed by atoms with van der Waals surface area (Å²) in [5.74, 6) is 2.17. The number of likely N-dealkylation sites (tertiary alicyclic amines) is 1. The van der Waals surface area contributed by atoms with Gasteiger partial charge < -0.3 is 14.4 Å². The molecule has 2 fully saturated rings. The van der Waals surface area contributed by atoms with Gasteiger partial charge in [-0.05, 0) is 25.7 Å². The van der Waals surface area contributed by atoms with Crippen molar-refractivity contribution in [2.45, 2.75) is 37.5 Å². The van der Waals surface area contributed by atoms with Gasteiger partial charge in [0.2, 0.25) is 11.8 Å². The number of nitrogens with zero attached hydrogens (tertiary/aromatic N) is 3. The lowest BCUT2D eigenvalue weighted by molar-refractivity contribution is 0.129.